The van der Waals surface area contributed by atoms with Crippen molar-refractivity contribution in [2.75, 3.05) is 13.7 Å². The van der Waals surface area contributed by atoms with Crippen molar-refractivity contribution < 1.29 is 9.66 Å². The van der Waals surface area contributed by atoms with Gasteiger partial charge in [-0.3, -0.25) is 10.1 Å². The molecule has 0 fully saturated rings. The Kier molecular flexibility index (Phi) is 6.48. The highest BCUT2D eigenvalue weighted by Crippen LogP contribution is 2.29. The van der Waals surface area contributed by atoms with Crippen LogP contribution in [0.5, 0.6) is 5.75 Å². The summed E-state index contributed by atoms with van der Waals surface area (Å²) in [5, 5.41) is 10.8. The van der Waals surface area contributed by atoms with Crippen LogP contribution >= 0.6 is 12.4 Å². The minimum absolute atomic E-state index is 0. The van der Waals surface area contributed by atoms with Crippen LogP contribution < -0.4 is 16.2 Å². The second-order valence-corrected chi connectivity index (χ2v) is 3.37. The fourth-order valence-corrected chi connectivity index (χ4v) is 1.43. The first kappa shape index (κ1) is 15.6. The maximum atomic E-state index is 10.8. The van der Waals surface area contributed by atoms with E-state index < -0.39 is 4.92 Å². The molecule has 0 saturated heterocycles. The van der Waals surface area contributed by atoms with Gasteiger partial charge in [-0.2, -0.15) is 0 Å². The first-order valence-electron chi connectivity index (χ1n) is 4.88. The molecular weight excluding hydrogens is 246 g/mol. The predicted octanol–water partition coefficient (Wildman–Crippen LogP) is 1.37. The standard InChI is InChI=1S/C10H15N3O3.ClH/c1-16-10-3-2-7(8(12)4-5-11)6-9(10)13(14)15;/h2-3,6,8H,4-5,11-12H2,1H3;1H/t8-;/m0./s1. The van der Waals surface area contributed by atoms with E-state index in [4.69, 9.17) is 16.2 Å². The molecule has 0 aliphatic heterocycles. The Hall–Kier alpha value is -1.37. The SMILES string of the molecule is COc1ccc([C@@H](N)CCN)cc1[N+](=O)[O-].Cl. The van der Waals surface area contributed by atoms with Crippen LogP contribution in [0.2, 0.25) is 0 Å². The van der Waals surface area contributed by atoms with Crippen LogP contribution in [-0.4, -0.2) is 18.6 Å². The van der Waals surface area contributed by atoms with Crippen molar-refractivity contribution in [2.45, 2.75) is 12.5 Å². The van der Waals surface area contributed by atoms with E-state index in [2.05, 4.69) is 0 Å². The first-order chi connectivity index (χ1) is 7.60. The van der Waals surface area contributed by atoms with Crippen molar-refractivity contribution in [3.8, 4) is 5.75 Å². The highest BCUT2D eigenvalue weighted by molar-refractivity contribution is 5.85. The lowest BCUT2D eigenvalue weighted by atomic mass is 10.0. The van der Waals surface area contributed by atoms with Crippen molar-refractivity contribution in [2.24, 2.45) is 11.5 Å². The second-order valence-electron chi connectivity index (χ2n) is 3.37. The van der Waals surface area contributed by atoms with E-state index in [-0.39, 0.29) is 29.9 Å². The van der Waals surface area contributed by atoms with Gasteiger partial charge in [-0.1, -0.05) is 6.07 Å². The quantitative estimate of drug-likeness (QED) is 0.615. The summed E-state index contributed by atoms with van der Waals surface area (Å²) in [5.41, 5.74) is 11.8. The van der Waals surface area contributed by atoms with Gasteiger partial charge in [-0.05, 0) is 24.6 Å². The Morgan fingerprint density at radius 2 is 2.18 bits per heavy atom. The fraction of sp³-hybridized carbons (Fsp3) is 0.400. The maximum absolute atomic E-state index is 10.8. The lowest BCUT2D eigenvalue weighted by Gasteiger charge is -2.11. The van der Waals surface area contributed by atoms with Gasteiger partial charge in [0.15, 0.2) is 5.75 Å². The van der Waals surface area contributed by atoms with E-state index in [1.807, 2.05) is 0 Å². The molecule has 1 rings (SSSR count). The molecule has 0 spiro atoms. The number of methoxy groups -OCH3 is 1. The third-order valence-corrected chi connectivity index (χ3v) is 2.31. The van der Waals surface area contributed by atoms with Crippen LogP contribution in [0.3, 0.4) is 0 Å². The van der Waals surface area contributed by atoms with Crippen molar-refractivity contribution in [1.29, 1.82) is 0 Å². The van der Waals surface area contributed by atoms with Crippen LogP contribution in [0.15, 0.2) is 18.2 Å². The third kappa shape index (κ3) is 3.85. The van der Waals surface area contributed by atoms with Gasteiger partial charge in [0.25, 0.3) is 0 Å². The Labute approximate surface area is 105 Å². The molecule has 96 valence electrons. The average Bonchev–Trinajstić information content (AvgIpc) is 2.28. The number of benzene rings is 1. The monoisotopic (exact) mass is 261 g/mol. The van der Waals surface area contributed by atoms with E-state index in [1.165, 1.54) is 13.2 Å². The Morgan fingerprint density at radius 3 is 2.65 bits per heavy atom. The van der Waals surface area contributed by atoms with E-state index in [9.17, 15) is 10.1 Å². The summed E-state index contributed by atoms with van der Waals surface area (Å²) in [5.74, 6) is 0.230. The summed E-state index contributed by atoms with van der Waals surface area (Å²) < 4.78 is 4.89. The number of hydrogen-bond donors (Lipinski definition) is 2. The molecule has 0 amide bonds. The molecule has 6 nitrogen and oxygen atoms in total. The molecule has 1 aromatic carbocycles. The molecule has 0 aliphatic rings. The van der Waals surface area contributed by atoms with Gasteiger partial charge in [0.2, 0.25) is 0 Å². The average molecular weight is 262 g/mol. The van der Waals surface area contributed by atoms with E-state index in [0.29, 0.717) is 18.5 Å². The normalized spacial score (nSPS) is 11.5. The minimum atomic E-state index is -0.489. The van der Waals surface area contributed by atoms with Crippen LogP contribution in [0.1, 0.15) is 18.0 Å². The van der Waals surface area contributed by atoms with Gasteiger partial charge in [0.05, 0.1) is 12.0 Å². The van der Waals surface area contributed by atoms with Crippen molar-refractivity contribution in [1.82, 2.24) is 0 Å². The molecular formula is C10H16ClN3O3. The number of nitrogens with two attached hydrogens (primary N) is 2. The van der Waals surface area contributed by atoms with Crippen LogP contribution in [0.25, 0.3) is 0 Å². The molecule has 0 heterocycles. The Morgan fingerprint density at radius 1 is 1.53 bits per heavy atom. The molecule has 4 N–H and O–H groups in total. The summed E-state index contributed by atoms with van der Waals surface area (Å²) in [4.78, 5) is 10.3. The number of halogens is 1. The largest absolute Gasteiger partial charge is 0.490 e. The highest BCUT2D eigenvalue weighted by Gasteiger charge is 2.17. The number of nitro benzene ring substituents is 1. The fourth-order valence-electron chi connectivity index (χ4n) is 1.43. The van der Waals surface area contributed by atoms with Gasteiger partial charge in [-0.15, -0.1) is 12.4 Å². The number of hydrogen-bond acceptors (Lipinski definition) is 5. The van der Waals surface area contributed by atoms with E-state index in [1.54, 1.807) is 12.1 Å². The summed E-state index contributed by atoms with van der Waals surface area (Å²) in [6.07, 6.45) is 0.587. The van der Waals surface area contributed by atoms with Gasteiger partial charge in [0, 0.05) is 12.1 Å². The molecule has 1 aromatic rings. The number of nitrogens with zero attached hydrogens (tertiary/aromatic N) is 1. The topological polar surface area (TPSA) is 104 Å². The summed E-state index contributed by atoms with van der Waals surface area (Å²) in [6, 6.07) is 4.41. The van der Waals surface area contributed by atoms with Crippen LogP contribution in [0.4, 0.5) is 5.69 Å². The van der Waals surface area contributed by atoms with E-state index in [0.717, 1.165) is 0 Å². The van der Waals surface area contributed by atoms with Gasteiger partial charge < -0.3 is 16.2 Å². The van der Waals surface area contributed by atoms with Crippen molar-refractivity contribution >= 4 is 18.1 Å². The molecule has 0 bridgehead atoms. The lowest BCUT2D eigenvalue weighted by molar-refractivity contribution is -0.385. The molecule has 1 atom stereocenters. The zero-order valence-corrected chi connectivity index (χ0v) is 10.3. The van der Waals surface area contributed by atoms with Gasteiger partial charge in [0.1, 0.15) is 0 Å². The molecule has 0 aliphatic carbocycles. The van der Waals surface area contributed by atoms with Crippen molar-refractivity contribution in [3.05, 3.63) is 33.9 Å². The summed E-state index contributed by atoms with van der Waals surface area (Å²) in [7, 11) is 1.39. The number of nitro groups is 1. The molecule has 17 heavy (non-hydrogen) atoms. The van der Waals surface area contributed by atoms with Gasteiger partial charge >= 0.3 is 5.69 Å². The molecule has 0 aromatic heterocycles. The van der Waals surface area contributed by atoms with Crippen LogP contribution in [0, 0.1) is 10.1 Å². The predicted molar refractivity (Wildman–Crippen MR) is 67.5 cm³/mol. The van der Waals surface area contributed by atoms with Crippen molar-refractivity contribution in [3.63, 3.8) is 0 Å². The molecule has 7 heteroatoms. The zero-order chi connectivity index (χ0) is 12.1. The number of rotatable bonds is 5. The van der Waals surface area contributed by atoms with E-state index >= 15 is 0 Å². The summed E-state index contributed by atoms with van der Waals surface area (Å²) >= 11 is 0. The highest BCUT2D eigenvalue weighted by atomic mass is 35.5. The smallest absolute Gasteiger partial charge is 0.311 e. The van der Waals surface area contributed by atoms with Gasteiger partial charge in [-0.25, -0.2) is 0 Å². The second kappa shape index (κ2) is 7.05. The summed E-state index contributed by atoms with van der Waals surface area (Å²) in [6.45, 7) is 0.445. The molecule has 0 saturated carbocycles. The minimum Gasteiger partial charge on any atom is -0.490 e. The Bertz CT molecular complexity index is 387. The molecule has 0 unspecified atom stereocenters. The third-order valence-electron chi connectivity index (χ3n) is 2.31. The molecule has 0 radical (unpaired) electrons. The number of ether oxygens (including phenoxy) is 1. The maximum Gasteiger partial charge on any atom is 0.311 e. The Balaban J connectivity index is 0.00000256. The lowest BCUT2D eigenvalue weighted by Crippen LogP contribution is -2.15. The van der Waals surface area contributed by atoms with Crippen LogP contribution in [-0.2, 0) is 0 Å². The first-order valence-corrected chi connectivity index (χ1v) is 4.88. The zero-order valence-electron chi connectivity index (χ0n) is 9.46.